The number of carbonyl (C=O) groups is 1. The molecule has 0 spiro atoms. The number of amides is 1. The highest BCUT2D eigenvalue weighted by Gasteiger charge is 2.02. The van der Waals surface area contributed by atoms with Crippen molar-refractivity contribution in [2.75, 3.05) is 6.54 Å². The number of rotatable bonds is 7. The van der Waals surface area contributed by atoms with Crippen molar-refractivity contribution in [2.45, 2.75) is 12.8 Å². The van der Waals surface area contributed by atoms with Crippen LogP contribution in [-0.4, -0.2) is 17.4 Å². The number of nitro groups is 1. The zero-order valence-electron chi connectivity index (χ0n) is 12.9. The minimum absolute atomic E-state index is 0.0115. The molecule has 0 atom stereocenters. The van der Waals surface area contributed by atoms with Gasteiger partial charge in [-0.25, -0.2) is 4.39 Å². The Kier molecular flexibility index (Phi) is 6.19. The largest absolute Gasteiger partial charge is 0.353 e. The summed E-state index contributed by atoms with van der Waals surface area (Å²) < 4.78 is 12.8. The van der Waals surface area contributed by atoms with E-state index in [1.54, 1.807) is 30.3 Å². The number of hydrogen-bond acceptors (Lipinski definition) is 3. The van der Waals surface area contributed by atoms with E-state index in [1.165, 1.54) is 30.3 Å². The van der Waals surface area contributed by atoms with Crippen LogP contribution in [-0.2, 0) is 11.2 Å². The fraction of sp³-hybridized carbons (Fsp3) is 0.167. The number of hydrogen-bond donors (Lipinski definition) is 1. The summed E-state index contributed by atoms with van der Waals surface area (Å²) in [5, 5.41) is 13.3. The van der Waals surface area contributed by atoms with Crippen LogP contribution < -0.4 is 5.32 Å². The van der Waals surface area contributed by atoms with E-state index in [-0.39, 0.29) is 17.4 Å². The van der Waals surface area contributed by atoms with Crippen molar-refractivity contribution in [2.24, 2.45) is 0 Å². The van der Waals surface area contributed by atoms with Crippen LogP contribution in [0.5, 0.6) is 0 Å². The Bertz CT molecular complexity index is 725. The number of benzene rings is 2. The lowest BCUT2D eigenvalue weighted by Crippen LogP contribution is -2.22. The summed E-state index contributed by atoms with van der Waals surface area (Å²) >= 11 is 0. The Hall–Kier alpha value is -3.02. The molecule has 24 heavy (non-hydrogen) atoms. The first-order valence-corrected chi connectivity index (χ1v) is 7.49. The zero-order valence-corrected chi connectivity index (χ0v) is 12.9. The molecule has 6 heteroatoms. The van der Waals surface area contributed by atoms with Crippen LogP contribution in [0.1, 0.15) is 17.5 Å². The number of non-ortho nitro benzene ring substituents is 1. The molecule has 2 aromatic carbocycles. The third-order valence-corrected chi connectivity index (χ3v) is 3.39. The maximum absolute atomic E-state index is 12.8. The van der Waals surface area contributed by atoms with Gasteiger partial charge in [0.05, 0.1) is 4.92 Å². The smallest absolute Gasteiger partial charge is 0.269 e. The van der Waals surface area contributed by atoms with Crippen molar-refractivity contribution >= 4 is 17.7 Å². The average Bonchev–Trinajstić information content (AvgIpc) is 2.59. The first kappa shape index (κ1) is 17.3. The van der Waals surface area contributed by atoms with E-state index in [9.17, 15) is 19.3 Å². The Morgan fingerprint density at radius 1 is 1.12 bits per heavy atom. The van der Waals surface area contributed by atoms with Crippen LogP contribution >= 0.6 is 0 Å². The van der Waals surface area contributed by atoms with Crippen LogP contribution in [0.2, 0.25) is 0 Å². The molecule has 0 aliphatic rings. The first-order chi connectivity index (χ1) is 11.5. The summed E-state index contributed by atoms with van der Waals surface area (Å²) in [4.78, 5) is 21.8. The van der Waals surface area contributed by atoms with Gasteiger partial charge in [0.25, 0.3) is 5.69 Å². The first-order valence-electron chi connectivity index (χ1n) is 7.49. The standard InChI is InChI=1S/C18H17FN2O3/c19-16-8-3-14(4-9-16)2-1-13-20-18(22)12-7-15-5-10-17(11-6-15)21(23)24/h3-12H,1-2,13H2,(H,20,22)/b12-7+. The van der Waals surface area contributed by atoms with E-state index < -0.39 is 4.92 Å². The van der Waals surface area contributed by atoms with Crippen molar-refractivity contribution in [1.29, 1.82) is 0 Å². The molecule has 0 heterocycles. The number of nitrogens with zero attached hydrogens (tertiary/aromatic N) is 1. The molecule has 1 N–H and O–H groups in total. The fourth-order valence-electron chi connectivity index (χ4n) is 2.09. The van der Waals surface area contributed by atoms with Gasteiger partial charge >= 0.3 is 0 Å². The molecular formula is C18H17FN2O3. The molecule has 0 aliphatic carbocycles. The Morgan fingerprint density at radius 3 is 2.42 bits per heavy atom. The van der Waals surface area contributed by atoms with Gasteiger partial charge in [-0.15, -0.1) is 0 Å². The van der Waals surface area contributed by atoms with Gasteiger partial charge in [0.15, 0.2) is 0 Å². The Balaban J connectivity index is 1.72. The molecule has 2 aromatic rings. The molecule has 0 saturated carbocycles. The number of nitrogens with one attached hydrogen (secondary N) is 1. The van der Waals surface area contributed by atoms with Gasteiger partial charge in [-0.3, -0.25) is 14.9 Å². The molecule has 124 valence electrons. The van der Waals surface area contributed by atoms with Crippen molar-refractivity contribution in [3.63, 3.8) is 0 Å². The summed E-state index contributed by atoms with van der Waals surface area (Å²) in [5.41, 5.74) is 1.74. The summed E-state index contributed by atoms with van der Waals surface area (Å²) in [5.74, 6) is -0.490. The van der Waals surface area contributed by atoms with E-state index in [4.69, 9.17) is 0 Å². The summed E-state index contributed by atoms with van der Waals surface area (Å²) in [7, 11) is 0. The van der Waals surface area contributed by atoms with E-state index in [1.807, 2.05) is 0 Å². The molecule has 1 amide bonds. The third kappa shape index (κ3) is 5.64. The fourth-order valence-corrected chi connectivity index (χ4v) is 2.09. The highest BCUT2D eigenvalue weighted by molar-refractivity contribution is 5.91. The summed E-state index contributed by atoms with van der Waals surface area (Å²) in [6, 6.07) is 12.2. The van der Waals surface area contributed by atoms with Crippen LogP contribution in [0, 0.1) is 15.9 Å². The van der Waals surface area contributed by atoms with Gasteiger partial charge in [-0.1, -0.05) is 12.1 Å². The zero-order chi connectivity index (χ0) is 17.4. The number of aryl methyl sites for hydroxylation is 1. The molecule has 0 unspecified atom stereocenters. The van der Waals surface area contributed by atoms with Gasteiger partial charge in [-0.05, 0) is 54.3 Å². The van der Waals surface area contributed by atoms with E-state index in [0.29, 0.717) is 12.1 Å². The third-order valence-electron chi connectivity index (χ3n) is 3.39. The maximum Gasteiger partial charge on any atom is 0.269 e. The van der Waals surface area contributed by atoms with E-state index >= 15 is 0 Å². The lowest BCUT2D eigenvalue weighted by molar-refractivity contribution is -0.384. The predicted molar refractivity (Wildman–Crippen MR) is 89.9 cm³/mol. The maximum atomic E-state index is 12.8. The molecule has 0 saturated heterocycles. The average molecular weight is 328 g/mol. The van der Waals surface area contributed by atoms with Crippen LogP contribution in [0.15, 0.2) is 54.6 Å². The molecule has 2 rings (SSSR count). The minimum Gasteiger partial charge on any atom is -0.353 e. The van der Waals surface area contributed by atoms with Crippen molar-refractivity contribution in [3.05, 3.63) is 81.7 Å². The molecule has 0 fully saturated rings. The van der Waals surface area contributed by atoms with Gasteiger partial charge in [-0.2, -0.15) is 0 Å². The van der Waals surface area contributed by atoms with Gasteiger partial charge in [0, 0.05) is 24.8 Å². The molecule has 5 nitrogen and oxygen atoms in total. The lowest BCUT2D eigenvalue weighted by atomic mass is 10.1. The number of halogens is 1. The topological polar surface area (TPSA) is 72.2 Å². The SMILES string of the molecule is O=C(/C=C/c1ccc([N+](=O)[O-])cc1)NCCCc1ccc(F)cc1. The van der Waals surface area contributed by atoms with Gasteiger partial charge in [0.2, 0.25) is 5.91 Å². The van der Waals surface area contributed by atoms with Crippen molar-refractivity contribution in [1.82, 2.24) is 5.32 Å². The monoisotopic (exact) mass is 328 g/mol. The second kappa shape index (κ2) is 8.57. The molecular weight excluding hydrogens is 311 g/mol. The molecule has 0 radical (unpaired) electrons. The lowest BCUT2D eigenvalue weighted by Gasteiger charge is -2.03. The highest BCUT2D eigenvalue weighted by atomic mass is 19.1. The highest BCUT2D eigenvalue weighted by Crippen LogP contribution is 2.12. The molecule has 0 aliphatic heterocycles. The Morgan fingerprint density at radius 2 is 1.79 bits per heavy atom. The van der Waals surface area contributed by atoms with Gasteiger partial charge < -0.3 is 5.32 Å². The number of nitro benzene ring substituents is 1. The second-order valence-electron chi connectivity index (χ2n) is 5.20. The van der Waals surface area contributed by atoms with Crippen molar-refractivity contribution < 1.29 is 14.1 Å². The van der Waals surface area contributed by atoms with E-state index in [0.717, 1.165) is 18.4 Å². The van der Waals surface area contributed by atoms with Crippen molar-refractivity contribution in [3.8, 4) is 0 Å². The summed E-state index contributed by atoms with van der Waals surface area (Å²) in [6.45, 7) is 0.515. The van der Waals surface area contributed by atoms with Gasteiger partial charge in [0.1, 0.15) is 5.82 Å². The quantitative estimate of drug-likeness (QED) is 0.366. The number of carbonyl (C=O) groups excluding carboxylic acids is 1. The molecule has 0 bridgehead atoms. The second-order valence-corrected chi connectivity index (χ2v) is 5.20. The van der Waals surface area contributed by atoms with E-state index in [2.05, 4.69) is 5.32 Å². The predicted octanol–water partition coefficient (Wildman–Crippen LogP) is 3.50. The summed E-state index contributed by atoms with van der Waals surface area (Å²) in [6.07, 6.45) is 4.49. The van der Waals surface area contributed by atoms with Crippen LogP contribution in [0.3, 0.4) is 0 Å². The normalized spacial score (nSPS) is 10.7. The van der Waals surface area contributed by atoms with Crippen LogP contribution in [0.4, 0.5) is 10.1 Å². The molecule has 0 aromatic heterocycles. The van der Waals surface area contributed by atoms with Crippen LogP contribution in [0.25, 0.3) is 6.08 Å². The Labute approximate surface area is 139 Å². The minimum atomic E-state index is -0.471.